The maximum Gasteiger partial charge on any atom is 0.256 e. The zero-order chi connectivity index (χ0) is 30.5. The molecule has 0 radical (unpaired) electrons. The number of aromatic nitrogens is 3. The van der Waals surface area contributed by atoms with Crippen molar-refractivity contribution in [2.45, 2.75) is 25.6 Å². The van der Waals surface area contributed by atoms with E-state index < -0.39 is 12.1 Å². The average Bonchev–Trinajstić information content (AvgIpc) is 3.24. The number of ether oxygens (including phenoxy) is 2. The van der Waals surface area contributed by atoms with Crippen molar-refractivity contribution in [2.75, 3.05) is 32.2 Å². The number of nitrogens with zero attached hydrogens (tertiary/aromatic N) is 4. The van der Waals surface area contributed by atoms with Crippen molar-refractivity contribution in [2.24, 2.45) is 0 Å². The molecule has 0 spiro atoms. The van der Waals surface area contributed by atoms with E-state index in [-0.39, 0.29) is 41.9 Å². The standard InChI is InChI=1S/C30H31N5O7S/c1-41-23-10-11-25(31-17-23)32-26(37)16-24-29(40)35(30(43)33(24)13-12-19-2-8-22(36)9-3-19)21-6-4-20(5-7-21)28(39)34-14-15-42-18-27(34)38/h2-11,17,27,36,38,40H,12-16,18H2,1H3,(H,31,32,37). The van der Waals surface area contributed by atoms with Gasteiger partial charge in [0.25, 0.3) is 5.91 Å². The molecule has 12 nitrogen and oxygen atoms in total. The Morgan fingerprint density at radius 1 is 1.09 bits per heavy atom. The number of benzene rings is 2. The third-order valence-electron chi connectivity index (χ3n) is 7.08. The van der Waals surface area contributed by atoms with E-state index in [1.807, 2.05) is 0 Å². The van der Waals surface area contributed by atoms with Gasteiger partial charge in [-0.3, -0.25) is 14.2 Å². The first-order valence-corrected chi connectivity index (χ1v) is 13.9. The van der Waals surface area contributed by atoms with E-state index in [1.165, 1.54) is 22.8 Å². The number of imidazole rings is 1. The molecular formula is C30H31N5O7S. The number of morpholine rings is 1. The Morgan fingerprint density at radius 3 is 2.49 bits per heavy atom. The molecule has 2 aromatic heterocycles. The molecule has 1 aliphatic heterocycles. The zero-order valence-electron chi connectivity index (χ0n) is 23.3. The van der Waals surface area contributed by atoms with Gasteiger partial charge in [0.1, 0.15) is 17.3 Å². The molecule has 43 heavy (non-hydrogen) atoms. The van der Waals surface area contributed by atoms with Gasteiger partial charge in [-0.05, 0) is 72.7 Å². The molecule has 13 heteroatoms. The van der Waals surface area contributed by atoms with Crippen LogP contribution >= 0.6 is 12.2 Å². The van der Waals surface area contributed by atoms with Crippen molar-refractivity contribution in [1.29, 1.82) is 0 Å². The number of phenols is 1. The Hall–Kier alpha value is -4.72. The van der Waals surface area contributed by atoms with Gasteiger partial charge in [-0.2, -0.15) is 0 Å². The minimum Gasteiger partial charge on any atom is -0.508 e. The van der Waals surface area contributed by atoms with Crippen LogP contribution in [0.15, 0.2) is 66.9 Å². The zero-order valence-corrected chi connectivity index (χ0v) is 24.2. The molecule has 5 rings (SSSR count). The van der Waals surface area contributed by atoms with Crippen LogP contribution in [0.5, 0.6) is 17.4 Å². The van der Waals surface area contributed by atoms with Gasteiger partial charge >= 0.3 is 0 Å². The number of hydrogen-bond donors (Lipinski definition) is 4. The van der Waals surface area contributed by atoms with Gasteiger partial charge in [-0.1, -0.05) is 12.1 Å². The molecule has 1 unspecified atom stereocenters. The molecule has 1 aliphatic rings. The van der Waals surface area contributed by atoms with Crippen LogP contribution in [0.3, 0.4) is 0 Å². The van der Waals surface area contributed by atoms with Crippen LogP contribution in [0.2, 0.25) is 0 Å². The lowest BCUT2D eigenvalue weighted by molar-refractivity contribution is -0.115. The number of carbonyl (C=O) groups is 2. The Bertz CT molecular complexity index is 1650. The summed E-state index contributed by atoms with van der Waals surface area (Å²) in [6.45, 7) is 1.01. The summed E-state index contributed by atoms with van der Waals surface area (Å²) in [7, 11) is 1.52. The third kappa shape index (κ3) is 6.69. The number of hydrogen-bond acceptors (Lipinski definition) is 9. The molecule has 0 bridgehead atoms. The number of nitrogens with one attached hydrogen (secondary N) is 1. The number of amides is 2. The molecule has 2 amide bonds. The average molecular weight is 606 g/mol. The first kappa shape index (κ1) is 29.8. The summed E-state index contributed by atoms with van der Waals surface area (Å²) < 4.78 is 13.7. The van der Waals surface area contributed by atoms with Crippen LogP contribution in [0.25, 0.3) is 5.69 Å². The lowest BCUT2D eigenvalue weighted by atomic mass is 10.1. The highest BCUT2D eigenvalue weighted by Gasteiger charge is 2.27. The number of carbonyl (C=O) groups excluding carboxylic acids is 2. The summed E-state index contributed by atoms with van der Waals surface area (Å²) in [5.74, 6) is 0.0542. The molecule has 4 aromatic rings. The predicted molar refractivity (Wildman–Crippen MR) is 159 cm³/mol. The summed E-state index contributed by atoms with van der Waals surface area (Å²) >= 11 is 5.78. The Morgan fingerprint density at radius 2 is 1.84 bits per heavy atom. The topological polar surface area (TPSA) is 151 Å². The predicted octanol–water partition coefficient (Wildman–Crippen LogP) is 3.04. The highest BCUT2D eigenvalue weighted by Crippen LogP contribution is 2.28. The van der Waals surface area contributed by atoms with E-state index in [0.717, 1.165) is 5.56 Å². The van der Waals surface area contributed by atoms with Crippen molar-refractivity contribution < 1.29 is 34.4 Å². The molecule has 1 atom stereocenters. The molecule has 2 aromatic carbocycles. The van der Waals surface area contributed by atoms with Gasteiger partial charge in [0.2, 0.25) is 11.8 Å². The summed E-state index contributed by atoms with van der Waals surface area (Å²) in [6.07, 6.45) is 0.777. The molecular weight excluding hydrogens is 574 g/mol. The fourth-order valence-electron chi connectivity index (χ4n) is 4.78. The van der Waals surface area contributed by atoms with E-state index in [1.54, 1.807) is 65.2 Å². The monoisotopic (exact) mass is 605 g/mol. The van der Waals surface area contributed by atoms with E-state index in [2.05, 4.69) is 10.3 Å². The molecule has 224 valence electrons. The fourth-order valence-corrected chi connectivity index (χ4v) is 5.17. The maximum absolute atomic E-state index is 13.1. The Balaban J connectivity index is 1.43. The molecule has 4 N–H and O–H groups in total. The van der Waals surface area contributed by atoms with Crippen molar-refractivity contribution in [3.8, 4) is 23.1 Å². The second-order valence-corrected chi connectivity index (χ2v) is 10.2. The normalized spacial score (nSPS) is 14.8. The number of aliphatic hydroxyl groups excluding tert-OH is 1. The van der Waals surface area contributed by atoms with Crippen molar-refractivity contribution in [3.05, 3.63) is 88.5 Å². The van der Waals surface area contributed by atoms with Gasteiger partial charge in [-0.25, -0.2) is 4.98 Å². The van der Waals surface area contributed by atoms with Crippen LogP contribution in [-0.2, 0) is 28.9 Å². The number of aromatic hydroxyl groups is 2. The summed E-state index contributed by atoms with van der Waals surface area (Å²) in [6, 6.07) is 16.5. The molecule has 1 saturated heterocycles. The minimum atomic E-state index is -1.02. The summed E-state index contributed by atoms with van der Waals surface area (Å²) in [4.78, 5) is 31.5. The van der Waals surface area contributed by atoms with E-state index in [9.17, 15) is 24.9 Å². The number of phenolic OH excluding ortho intramolecular Hbond substituents is 1. The number of aliphatic hydroxyl groups is 1. The Labute approximate surface area is 252 Å². The first-order valence-electron chi connectivity index (χ1n) is 13.5. The number of methoxy groups -OCH3 is 1. The lowest BCUT2D eigenvalue weighted by Crippen LogP contribution is -2.48. The van der Waals surface area contributed by atoms with Gasteiger partial charge in [0.15, 0.2) is 11.0 Å². The third-order valence-corrected chi connectivity index (χ3v) is 7.49. The molecule has 1 fully saturated rings. The number of anilines is 1. The van der Waals surface area contributed by atoms with Gasteiger partial charge in [0.05, 0.1) is 44.3 Å². The van der Waals surface area contributed by atoms with Crippen LogP contribution in [0.4, 0.5) is 5.82 Å². The van der Waals surface area contributed by atoms with Gasteiger partial charge in [0, 0.05) is 18.7 Å². The van der Waals surface area contributed by atoms with E-state index in [4.69, 9.17) is 21.7 Å². The Kier molecular flexibility index (Phi) is 9.04. The minimum absolute atomic E-state index is 0.0510. The van der Waals surface area contributed by atoms with E-state index in [0.29, 0.717) is 48.1 Å². The highest BCUT2D eigenvalue weighted by atomic mass is 32.1. The van der Waals surface area contributed by atoms with Crippen LogP contribution in [-0.4, -0.2) is 79.2 Å². The van der Waals surface area contributed by atoms with Gasteiger partial charge < -0.3 is 39.6 Å². The number of pyridine rings is 1. The maximum atomic E-state index is 13.1. The SMILES string of the molecule is COc1ccc(NC(=O)Cc2c(O)n(-c3ccc(C(=O)N4CCOCC4O)cc3)c(=S)n2CCc2ccc(O)cc2)nc1. The highest BCUT2D eigenvalue weighted by molar-refractivity contribution is 7.71. The quantitative estimate of drug-likeness (QED) is 0.211. The van der Waals surface area contributed by atoms with Crippen LogP contribution in [0, 0.1) is 4.77 Å². The van der Waals surface area contributed by atoms with Gasteiger partial charge in [-0.15, -0.1) is 0 Å². The summed E-state index contributed by atoms with van der Waals surface area (Å²) in [5.41, 5.74) is 2.07. The second-order valence-electron chi connectivity index (χ2n) is 9.87. The van der Waals surface area contributed by atoms with E-state index >= 15 is 0 Å². The summed E-state index contributed by atoms with van der Waals surface area (Å²) in [5, 5.41) is 33.9. The van der Waals surface area contributed by atoms with Crippen molar-refractivity contribution >= 4 is 29.9 Å². The van der Waals surface area contributed by atoms with Crippen molar-refractivity contribution in [3.63, 3.8) is 0 Å². The second kappa shape index (κ2) is 13.1. The molecule has 3 heterocycles. The lowest BCUT2D eigenvalue weighted by Gasteiger charge is -2.32. The first-order chi connectivity index (χ1) is 20.7. The molecule has 0 aliphatic carbocycles. The number of rotatable bonds is 9. The fraction of sp³-hybridized carbons (Fsp3) is 0.267. The van der Waals surface area contributed by atoms with Crippen LogP contribution < -0.4 is 10.1 Å². The smallest absolute Gasteiger partial charge is 0.256 e. The van der Waals surface area contributed by atoms with Crippen molar-refractivity contribution in [1.82, 2.24) is 19.0 Å². The number of aryl methyl sites for hydroxylation is 1. The van der Waals surface area contributed by atoms with Crippen LogP contribution in [0.1, 0.15) is 21.6 Å². The largest absolute Gasteiger partial charge is 0.508 e. The molecule has 0 saturated carbocycles.